The number of ether oxygens (including phenoxy) is 1. The molecule has 1 aliphatic rings. The topological polar surface area (TPSA) is 63.6 Å². The van der Waals surface area contributed by atoms with Crippen molar-refractivity contribution in [2.45, 2.75) is 12.5 Å². The summed E-state index contributed by atoms with van der Waals surface area (Å²) in [6.45, 7) is 1.23. The average Bonchev–Trinajstić information content (AvgIpc) is 2.56. The van der Waals surface area contributed by atoms with Gasteiger partial charge in [-0.1, -0.05) is 0 Å². The van der Waals surface area contributed by atoms with Gasteiger partial charge in [-0.05, 0) is 19.1 Å². The molecule has 0 radical (unpaired) electrons. The first-order valence-electron chi connectivity index (χ1n) is 4.98. The Morgan fingerprint density at radius 2 is 2.06 bits per heavy atom. The van der Waals surface area contributed by atoms with Gasteiger partial charge in [0.15, 0.2) is 5.60 Å². The molecule has 0 saturated carbocycles. The first-order valence-corrected chi connectivity index (χ1v) is 4.98. The second-order valence-electron chi connectivity index (χ2n) is 3.94. The highest BCUT2D eigenvalue weighted by Crippen LogP contribution is 2.36. The average molecular weight is 254 g/mol. The van der Waals surface area contributed by atoms with E-state index in [0.29, 0.717) is 6.07 Å². The molecule has 1 aromatic rings. The molecule has 1 atom stereocenters. The quantitative estimate of drug-likeness (QED) is 0.873. The van der Waals surface area contributed by atoms with E-state index in [4.69, 9.17) is 9.84 Å². The van der Waals surface area contributed by atoms with Gasteiger partial charge in [0, 0.05) is 17.7 Å². The minimum Gasteiger partial charge on any atom is -0.475 e. The van der Waals surface area contributed by atoms with E-state index < -0.39 is 34.7 Å². The van der Waals surface area contributed by atoms with Crippen LogP contribution in [-0.4, -0.2) is 16.9 Å². The van der Waals surface area contributed by atoms with Gasteiger partial charge in [-0.3, -0.25) is 4.79 Å². The zero-order chi connectivity index (χ0) is 13.5. The Labute approximate surface area is 100 Å². The Hall–Kier alpha value is -2.24. The molecule has 2 rings (SSSR count). The molecular weight excluding hydrogens is 246 g/mol. The first-order chi connectivity index (χ1) is 8.34. The summed E-state index contributed by atoms with van der Waals surface area (Å²) in [5.41, 5.74) is -1.98. The van der Waals surface area contributed by atoms with Crippen LogP contribution in [-0.2, 0) is 19.9 Å². The van der Waals surface area contributed by atoms with Crippen molar-refractivity contribution < 1.29 is 28.2 Å². The second kappa shape index (κ2) is 3.90. The lowest BCUT2D eigenvalue weighted by Gasteiger charge is -2.23. The third-order valence-corrected chi connectivity index (χ3v) is 2.70. The maximum absolute atomic E-state index is 13.6. The fourth-order valence-electron chi connectivity index (χ4n) is 1.73. The van der Waals surface area contributed by atoms with Crippen molar-refractivity contribution in [2.75, 3.05) is 0 Å². The van der Waals surface area contributed by atoms with Crippen LogP contribution in [0.5, 0.6) is 0 Å². The van der Waals surface area contributed by atoms with E-state index in [1.165, 1.54) is 6.92 Å². The monoisotopic (exact) mass is 254 g/mol. The van der Waals surface area contributed by atoms with Gasteiger partial charge in [-0.25, -0.2) is 13.6 Å². The number of benzene rings is 1. The molecule has 1 aliphatic heterocycles. The highest BCUT2D eigenvalue weighted by atomic mass is 19.1. The Morgan fingerprint density at radius 1 is 1.39 bits per heavy atom. The summed E-state index contributed by atoms with van der Waals surface area (Å²) < 4.78 is 31.4. The fourth-order valence-corrected chi connectivity index (χ4v) is 1.73. The molecule has 0 aromatic heterocycles. The highest BCUT2D eigenvalue weighted by Gasteiger charge is 2.45. The van der Waals surface area contributed by atoms with E-state index in [0.717, 1.165) is 18.2 Å². The summed E-state index contributed by atoms with van der Waals surface area (Å²) in [7, 11) is 0. The summed E-state index contributed by atoms with van der Waals surface area (Å²) in [4.78, 5) is 22.4. The van der Waals surface area contributed by atoms with Crippen LogP contribution < -0.4 is 0 Å². The molecule has 1 aromatic carbocycles. The van der Waals surface area contributed by atoms with Crippen LogP contribution >= 0.6 is 0 Å². The van der Waals surface area contributed by atoms with Crippen LogP contribution in [0.1, 0.15) is 12.5 Å². The van der Waals surface area contributed by atoms with Gasteiger partial charge in [0.05, 0.1) is 0 Å². The fraction of sp³-hybridized carbons (Fsp3) is 0.167. The number of hydrogen-bond acceptors (Lipinski definition) is 3. The molecule has 0 bridgehead atoms. The van der Waals surface area contributed by atoms with Crippen molar-refractivity contribution in [2.24, 2.45) is 0 Å². The van der Waals surface area contributed by atoms with Gasteiger partial charge in [0.2, 0.25) is 11.5 Å². The molecule has 0 aliphatic carbocycles. The van der Waals surface area contributed by atoms with Crippen molar-refractivity contribution >= 4 is 11.8 Å². The normalized spacial score (nSPS) is 22.6. The lowest BCUT2D eigenvalue weighted by atomic mass is 9.92. The second-order valence-corrected chi connectivity index (χ2v) is 3.94. The van der Waals surface area contributed by atoms with Gasteiger partial charge in [0.1, 0.15) is 11.6 Å². The van der Waals surface area contributed by atoms with Gasteiger partial charge < -0.3 is 9.84 Å². The molecule has 0 amide bonds. The molecule has 0 spiro atoms. The molecule has 1 heterocycles. The third kappa shape index (κ3) is 1.75. The number of hydrogen-bond donors (Lipinski definition) is 1. The Morgan fingerprint density at radius 3 is 2.56 bits per heavy atom. The molecule has 94 valence electrons. The van der Waals surface area contributed by atoms with Gasteiger partial charge >= 0.3 is 5.97 Å². The molecule has 0 fully saturated rings. The van der Waals surface area contributed by atoms with Gasteiger partial charge in [-0.2, -0.15) is 0 Å². The van der Waals surface area contributed by atoms with E-state index in [1.807, 2.05) is 0 Å². The first kappa shape index (κ1) is 12.2. The summed E-state index contributed by atoms with van der Waals surface area (Å²) in [6.07, 6.45) is 0.783. The number of rotatable bonds is 2. The minimum atomic E-state index is -1.77. The van der Waals surface area contributed by atoms with Crippen molar-refractivity contribution in [3.8, 4) is 0 Å². The van der Waals surface area contributed by atoms with E-state index >= 15 is 0 Å². The largest absolute Gasteiger partial charge is 0.475 e. The molecule has 1 unspecified atom stereocenters. The number of aliphatic carboxylic acids is 1. The third-order valence-electron chi connectivity index (χ3n) is 2.70. The predicted molar refractivity (Wildman–Crippen MR) is 55.5 cm³/mol. The summed E-state index contributed by atoms with van der Waals surface area (Å²) in [6, 6.07) is 2.64. The number of ketones is 1. The Kier molecular flexibility index (Phi) is 2.65. The van der Waals surface area contributed by atoms with Crippen LogP contribution in [0, 0.1) is 11.6 Å². The van der Waals surface area contributed by atoms with E-state index in [9.17, 15) is 18.4 Å². The molecule has 4 nitrogen and oxygen atoms in total. The standard InChI is InChI=1S/C12H8F2O4/c1-12(7-3-2-6(13)4-8(7)14)10(15)5-9(18-12)11(16)17/h2-5H,1H3,(H,16,17). The predicted octanol–water partition coefficient (Wildman–Crippen LogP) is 1.75. The lowest BCUT2D eigenvalue weighted by molar-refractivity contribution is -0.141. The number of halogens is 2. The Balaban J connectivity index is 2.46. The van der Waals surface area contributed by atoms with Crippen molar-refractivity contribution in [1.29, 1.82) is 0 Å². The minimum absolute atomic E-state index is 0.207. The van der Waals surface area contributed by atoms with E-state index in [2.05, 4.69) is 0 Å². The van der Waals surface area contributed by atoms with Gasteiger partial charge in [0.25, 0.3) is 0 Å². The van der Waals surface area contributed by atoms with Gasteiger partial charge in [-0.15, -0.1) is 0 Å². The number of carbonyl (C=O) groups excluding carboxylic acids is 1. The number of carboxylic acids is 1. The molecule has 1 N–H and O–H groups in total. The summed E-state index contributed by atoms with van der Waals surface area (Å²) >= 11 is 0. The van der Waals surface area contributed by atoms with E-state index in [1.54, 1.807) is 0 Å². The maximum Gasteiger partial charge on any atom is 0.371 e. The maximum atomic E-state index is 13.6. The Bertz CT molecular complexity index is 579. The summed E-state index contributed by atoms with van der Waals surface area (Å²) in [5, 5.41) is 8.72. The zero-order valence-corrected chi connectivity index (χ0v) is 9.24. The molecule has 18 heavy (non-hydrogen) atoms. The van der Waals surface area contributed by atoms with Crippen LogP contribution in [0.25, 0.3) is 0 Å². The number of carboxylic acid groups (broad SMARTS) is 1. The highest BCUT2D eigenvalue weighted by molar-refractivity contribution is 6.05. The lowest BCUT2D eigenvalue weighted by Crippen LogP contribution is -2.31. The molecular formula is C12H8F2O4. The molecule has 6 heteroatoms. The van der Waals surface area contributed by atoms with Crippen LogP contribution in [0.2, 0.25) is 0 Å². The molecule has 0 saturated heterocycles. The van der Waals surface area contributed by atoms with Crippen LogP contribution in [0.4, 0.5) is 8.78 Å². The zero-order valence-electron chi connectivity index (χ0n) is 9.24. The van der Waals surface area contributed by atoms with Crippen molar-refractivity contribution in [3.63, 3.8) is 0 Å². The SMILES string of the molecule is CC1(c2ccc(F)cc2F)OC(C(=O)O)=CC1=O. The van der Waals surface area contributed by atoms with Crippen LogP contribution in [0.3, 0.4) is 0 Å². The van der Waals surface area contributed by atoms with E-state index in [-0.39, 0.29) is 5.56 Å². The van der Waals surface area contributed by atoms with Crippen molar-refractivity contribution in [3.05, 3.63) is 47.2 Å². The number of carbonyl (C=O) groups is 2. The smallest absolute Gasteiger partial charge is 0.371 e. The van der Waals surface area contributed by atoms with Crippen molar-refractivity contribution in [1.82, 2.24) is 0 Å². The summed E-state index contributed by atoms with van der Waals surface area (Å²) in [5.74, 6) is -4.45. The van der Waals surface area contributed by atoms with Crippen LogP contribution in [0.15, 0.2) is 30.0 Å².